The van der Waals surface area contributed by atoms with Crippen molar-refractivity contribution in [1.82, 2.24) is 10.6 Å². The third-order valence-corrected chi connectivity index (χ3v) is 2.44. The molecule has 1 aliphatic heterocycles. The van der Waals surface area contributed by atoms with Crippen LogP contribution in [0.2, 0.25) is 0 Å². The first-order valence-corrected chi connectivity index (χ1v) is 5.80. The van der Waals surface area contributed by atoms with E-state index in [1.165, 1.54) is 0 Å². The summed E-state index contributed by atoms with van der Waals surface area (Å²) < 4.78 is 15.8. The molecule has 0 atom stereocenters. The molecule has 1 saturated heterocycles. The van der Waals surface area contributed by atoms with Gasteiger partial charge in [-0.25, -0.2) is 0 Å². The van der Waals surface area contributed by atoms with Gasteiger partial charge in [0, 0.05) is 13.7 Å². The molecule has 6 heteroatoms. The zero-order valence-electron chi connectivity index (χ0n) is 10.7. The van der Waals surface area contributed by atoms with Crippen molar-refractivity contribution in [3.63, 3.8) is 0 Å². The molecule has 17 heavy (non-hydrogen) atoms. The summed E-state index contributed by atoms with van der Waals surface area (Å²) in [6.07, 6.45) is 0. The maximum atomic E-state index is 11.4. The molecule has 6 nitrogen and oxygen atoms in total. The van der Waals surface area contributed by atoms with Gasteiger partial charge in [0.05, 0.1) is 32.4 Å². The van der Waals surface area contributed by atoms with Crippen molar-refractivity contribution >= 4 is 5.91 Å². The second-order valence-corrected chi connectivity index (χ2v) is 4.44. The fraction of sp³-hybridized carbons (Fsp3) is 0.909. The summed E-state index contributed by atoms with van der Waals surface area (Å²) in [5.41, 5.74) is 0. The number of hydrogen-bond donors (Lipinski definition) is 2. The van der Waals surface area contributed by atoms with E-state index in [2.05, 4.69) is 10.6 Å². The van der Waals surface area contributed by atoms with Crippen LogP contribution in [0.4, 0.5) is 0 Å². The van der Waals surface area contributed by atoms with Crippen molar-refractivity contribution in [2.75, 3.05) is 40.0 Å². The molecule has 0 saturated carbocycles. The molecule has 0 aromatic heterocycles. The molecule has 1 rings (SSSR count). The van der Waals surface area contributed by atoms with Crippen LogP contribution in [0.5, 0.6) is 0 Å². The second kappa shape index (κ2) is 6.90. The lowest BCUT2D eigenvalue weighted by Gasteiger charge is -2.35. The van der Waals surface area contributed by atoms with Crippen LogP contribution in [0.15, 0.2) is 0 Å². The Kier molecular flexibility index (Phi) is 5.84. The lowest BCUT2D eigenvalue weighted by atomic mass is 10.2. The summed E-state index contributed by atoms with van der Waals surface area (Å²) >= 11 is 0. The Morgan fingerprint density at radius 2 is 2.06 bits per heavy atom. The molecular formula is C11H22N2O4. The minimum Gasteiger partial charge on any atom is -0.383 e. The summed E-state index contributed by atoms with van der Waals surface area (Å²) in [5, 5.41) is 5.81. The molecular weight excluding hydrogens is 224 g/mol. The molecule has 0 unspecified atom stereocenters. The lowest BCUT2D eigenvalue weighted by Crippen LogP contribution is -2.50. The molecule has 0 spiro atoms. The third-order valence-electron chi connectivity index (χ3n) is 2.44. The third kappa shape index (κ3) is 5.97. The average molecular weight is 246 g/mol. The highest BCUT2D eigenvalue weighted by molar-refractivity contribution is 5.77. The maximum absolute atomic E-state index is 11.4. The summed E-state index contributed by atoms with van der Waals surface area (Å²) in [6, 6.07) is 0.0659. The molecule has 1 aliphatic rings. The number of carbonyl (C=O) groups excluding carboxylic acids is 1. The van der Waals surface area contributed by atoms with Crippen LogP contribution in [0.3, 0.4) is 0 Å². The van der Waals surface area contributed by atoms with Gasteiger partial charge in [-0.2, -0.15) is 0 Å². The van der Waals surface area contributed by atoms with Gasteiger partial charge in [0.2, 0.25) is 5.91 Å². The fourth-order valence-electron chi connectivity index (χ4n) is 1.40. The van der Waals surface area contributed by atoms with E-state index in [0.29, 0.717) is 26.4 Å². The molecule has 0 aromatic carbocycles. The first-order chi connectivity index (χ1) is 8.03. The van der Waals surface area contributed by atoms with Crippen molar-refractivity contribution in [3.8, 4) is 0 Å². The SMILES string of the molecule is COCCNC(=O)CNC1COC(C)(C)OC1. The Morgan fingerprint density at radius 3 is 2.65 bits per heavy atom. The first kappa shape index (κ1) is 14.4. The van der Waals surface area contributed by atoms with Gasteiger partial charge in [0.15, 0.2) is 5.79 Å². The van der Waals surface area contributed by atoms with Crippen molar-refractivity contribution in [2.45, 2.75) is 25.7 Å². The zero-order valence-corrected chi connectivity index (χ0v) is 10.7. The quantitative estimate of drug-likeness (QED) is 0.618. The highest BCUT2D eigenvalue weighted by atomic mass is 16.7. The number of hydrogen-bond acceptors (Lipinski definition) is 5. The van der Waals surface area contributed by atoms with Gasteiger partial charge >= 0.3 is 0 Å². The van der Waals surface area contributed by atoms with Crippen LogP contribution in [0, 0.1) is 0 Å². The Bertz CT molecular complexity index is 236. The molecule has 2 N–H and O–H groups in total. The van der Waals surface area contributed by atoms with Gasteiger partial charge < -0.3 is 24.8 Å². The number of rotatable bonds is 6. The topological polar surface area (TPSA) is 68.8 Å². The number of amides is 1. The van der Waals surface area contributed by atoms with Crippen LogP contribution < -0.4 is 10.6 Å². The van der Waals surface area contributed by atoms with E-state index >= 15 is 0 Å². The summed E-state index contributed by atoms with van der Waals surface area (Å²) in [6.45, 7) is 6.18. The number of carbonyl (C=O) groups is 1. The molecule has 1 fully saturated rings. The van der Waals surface area contributed by atoms with Crippen LogP contribution in [-0.4, -0.2) is 57.8 Å². The van der Waals surface area contributed by atoms with E-state index in [-0.39, 0.29) is 18.5 Å². The smallest absolute Gasteiger partial charge is 0.234 e. The van der Waals surface area contributed by atoms with E-state index in [1.807, 2.05) is 13.8 Å². The van der Waals surface area contributed by atoms with Gasteiger partial charge in [-0.3, -0.25) is 4.79 Å². The number of ether oxygens (including phenoxy) is 3. The monoisotopic (exact) mass is 246 g/mol. The van der Waals surface area contributed by atoms with E-state index in [0.717, 1.165) is 0 Å². The Hall–Kier alpha value is -0.690. The summed E-state index contributed by atoms with van der Waals surface area (Å²) in [4.78, 5) is 11.4. The van der Waals surface area contributed by atoms with Crippen LogP contribution in [0.1, 0.15) is 13.8 Å². The van der Waals surface area contributed by atoms with E-state index in [1.54, 1.807) is 7.11 Å². The van der Waals surface area contributed by atoms with Gasteiger partial charge in [0.25, 0.3) is 0 Å². The minimum absolute atomic E-state index is 0.0492. The molecule has 1 heterocycles. The van der Waals surface area contributed by atoms with Crippen molar-refractivity contribution in [3.05, 3.63) is 0 Å². The Morgan fingerprint density at radius 1 is 1.41 bits per heavy atom. The Balaban J connectivity index is 2.09. The maximum Gasteiger partial charge on any atom is 0.234 e. The molecule has 0 aromatic rings. The molecule has 0 bridgehead atoms. The van der Waals surface area contributed by atoms with Crippen LogP contribution >= 0.6 is 0 Å². The predicted molar refractivity (Wildman–Crippen MR) is 62.7 cm³/mol. The molecule has 0 radical (unpaired) electrons. The molecule has 1 amide bonds. The van der Waals surface area contributed by atoms with Crippen LogP contribution in [-0.2, 0) is 19.0 Å². The van der Waals surface area contributed by atoms with E-state index in [4.69, 9.17) is 14.2 Å². The minimum atomic E-state index is -0.515. The number of nitrogens with one attached hydrogen (secondary N) is 2. The number of methoxy groups -OCH3 is 1. The highest BCUT2D eigenvalue weighted by Gasteiger charge is 2.28. The zero-order chi connectivity index (χ0) is 12.7. The summed E-state index contributed by atoms with van der Waals surface area (Å²) in [7, 11) is 1.60. The predicted octanol–water partition coefficient (Wildman–Crippen LogP) is -0.510. The average Bonchev–Trinajstić information content (AvgIpc) is 2.28. The normalized spacial score (nSPS) is 20.2. The van der Waals surface area contributed by atoms with Crippen molar-refractivity contribution < 1.29 is 19.0 Å². The van der Waals surface area contributed by atoms with Crippen molar-refractivity contribution in [1.29, 1.82) is 0 Å². The summed E-state index contributed by atoms with van der Waals surface area (Å²) in [5.74, 6) is -0.564. The van der Waals surface area contributed by atoms with Gasteiger partial charge in [0.1, 0.15) is 0 Å². The highest BCUT2D eigenvalue weighted by Crippen LogP contribution is 2.16. The molecule has 0 aliphatic carbocycles. The van der Waals surface area contributed by atoms with E-state index < -0.39 is 5.79 Å². The van der Waals surface area contributed by atoms with Crippen LogP contribution in [0.25, 0.3) is 0 Å². The van der Waals surface area contributed by atoms with Gasteiger partial charge in [-0.15, -0.1) is 0 Å². The first-order valence-electron chi connectivity index (χ1n) is 5.80. The second-order valence-electron chi connectivity index (χ2n) is 4.44. The fourth-order valence-corrected chi connectivity index (χ4v) is 1.40. The van der Waals surface area contributed by atoms with E-state index in [9.17, 15) is 4.79 Å². The van der Waals surface area contributed by atoms with Crippen molar-refractivity contribution in [2.24, 2.45) is 0 Å². The van der Waals surface area contributed by atoms with Gasteiger partial charge in [-0.05, 0) is 13.8 Å². The molecule has 100 valence electrons. The standard InChI is InChI=1S/C11H22N2O4/c1-11(2)16-7-9(8-17-11)13-6-10(14)12-4-5-15-3/h9,13H,4-8H2,1-3H3,(H,12,14). The lowest BCUT2D eigenvalue weighted by molar-refractivity contribution is -0.252. The Labute approximate surface area is 102 Å². The van der Waals surface area contributed by atoms with Gasteiger partial charge in [-0.1, -0.05) is 0 Å². The largest absolute Gasteiger partial charge is 0.383 e.